The van der Waals surface area contributed by atoms with Gasteiger partial charge in [-0.2, -0.15) is 4.98 Å². The van der Waals surface area contributed by atoms with Crippen LogP contribution in [-0.4, -0.2) is 46.5 Å². The highest BCUT2D eigenvalue weighted by atomic mass is 16.5. The molecule has 1 aliphatic rings. The third-order valence-electron chi connectivity index (χ3n) is 4.79. The number of hydrogen-bond acceptors (Lipinski definition) is 6. The van der Waals surface area contributed by atoms with E-state index in [0.29, 0.717) is 24.4 Å². The maximum atomic E-state index is 5.54. The van der Waals surface area contributed by atoms with Crippen LogP contribution in [0.15, 0.2) is 47.2 Å². The first kappa shape index (κ1) is 16.8. The van der Waals surface area contributed by atoms with Crippen molar-refractivity contribution in [1.29, 1.82) is 0 Å². The van der Waals surface area contributed by atoms with Gasteiger partial charge in [-0.1, -0.05) is 35.5 Å². The molecular formula is C19H23N5O2. The number of nitrogens with zero attached hydrogens (tertiary/aromatic N) is 5. The van der Waals surface area contributed by atoms with Crippen LogP contribution in [0.4, 0.5) is 6.01 Å². The summed E-state index contributed by atoms with van der Waals surface area (Å²) in [5, 5.41) is 4.14. The van der Waals surface area contributed by atoms with Gasteiger partial charge < -0.3 is 18.7 Å². The van der Waals surface area contributed by atoms with Crippen LogP contribution in [-0.2, 0) is 11.3 Å². The molecule has 0 saturated carbocycles. The van der Waals surface area contributed by atoms with Crippen LogP contribution >= 0.6 is 0 Å². The summed E-state index contributed by atoms with van der Waals surface area (Å²) in [6.45, 7) is 3.26. The molecule has 0 N–H and O–H groups in total. The number of piperidine rings is 1. The lowest BCUT2D eigenvalue weighted by Crippen LogP contribution is -2.35. The minimum Gasteiger partial charge on any atom is -0.383 e. The Morgan fingerprint density at radius 2 is 2.15 bits per heavy atom. The number of ether oxygens (including phenoxy) is 1. The van der Waals surface area contributed by atoms with E-state index < -0.39 is 0 Å². The van der Waals surface area contributed by atoms with E-state index in [1.165, 1.54) is 0 Å². The molecule has 3 heterocycles. The number of imidazole rings is 1. The number of aromatic nitrogens is 4. The smallest absolute Gasteiger partial charge is 0.324 e. The topological polar surface area (TPSA) is 69.2 Å². The van der Waals surface area contributed by atoms with Gasteiger partial charge in [0.2, 0.25) is 5.82 Å². The van der Waals surface area contributed by atoms with Crippen LogP contribution in [0.2, 0.25) is 0 Å². The SMILES string of the molecule is COCCn1ccnc1C1CCCN(c2nc(-c3ccccc3)no2)C1. The Labute approximate surface area is 152 Å². The number of hydrogen-bond donors (Lipinski definition) is 0. The summed E-state index contributed by atoms with van der Waals surface area (Å²) in [6, 6.07) is 10.5. The molecule has 136 valence electrons. The minimum atomic E-state index is 0.350. The second-order valence-corrected chi connectivity index (χ2v) is 6.52. The molecular weight excluding hydrogens is 330 g/mol. The molecule has 1 atom stereocenters. The summed E-state index contributed by atoms with van der Waals surface area (Å²) in [5.74, 6) is 2.08. The zero-order chi connectivity index (χ0) is 17.8. The molecule has 1 unspecified atom stereocenters. The lowest BCUT2D eigenvalue weighted by molar-refractivity contribution is 0.185. The molecule has 1 aromatic carbocycles. The van der Waals surface area contributed by atoms with Gasteiger partial charge in [0.1, 0.15) is 5.82 Å². The minimum absolute atomic E-state index is 0.350. The number of rotatable bonds is 6. The molecule has 1 fully saturated rings. The monoisotopic (exact) mass is 353 g/mol. The fourth-order valence-electron chi connectivity index (χ4n) is 3.47. The molecule has 0 amide bonds. The van der Waals surface area contributed by atoms with Gasteiger partial charge in [-0.3, -0.25) is 0 Å². The summed E-state index contributed by atoms with van der Waals surface area (Å²) >= 11 is 0. The fraction of sp³-hybridized carbons (Fsp3) is 0.421. The molecule has 0 radical (unpaired) electrons. The van der Waals surface area contributed by atoms with Crippen LogP contribution in [0.1, 0.15) is 24.6 Å². The average molecular weight is 353 g/mol. The predicted molar refractivity (Wildman–Crippen MR) is 98.0 cm³/mol. The Balaban J connectivity index is 1.49. The molecule has 1 aliphatic heterocycles. The van der Waals surface area contributed by atoms with E-state index in [9.17, 15) is 0 Å². The molecule has 7 nitrogen and oxygen atoms in total. The van der Waals surface area contributed by atoms with E-state index in [4.69, 9.17) is 9.26 Å². The van der Waals surface area contributed by atoms with E-state index in [0.717, 1.165) is 43.9 Å². The molecule has 1 saturated heterocycles. The van der Waals surface area contributed by atoms with E-state index in [1.807, 2.05) is 42.7 Å². The summed E-state index contributed by atoms with van der Waals surface area (Å²) in [5.41, 5.74) is 0.964. The normalized spacial score (nSPS) is 17.6. The van der Waals surface area contributed by atoms with E-state index in [2.05, 4.69) is 24.6 Å². The van der Waals surface area contributed by atoms with Gasteiger partial charge in [0.25, 0.3) is 0 Å². The van der Waals surface area contributed by atoms with Crippen molar-refractivity contribution >= 4 is 6.01 Å². The Morgan fingerprint density at radius 3 is 3.00 bits per heavy atom. The van der Waals surface area contributed by atoms with Crippen molar-refractivity contribution in [3.05, 3.63) is 48.5 Å². The van der Waals surface area contributed by atoms with Gasteiger partial charge >= 0.3 is 6.01 Å². The van der Waals surface area contributed by atoms with Gasteiger partial charge in [0, 0.05) is 50.6 Å². The maximum Gasteiger partial charge on any atom is 0.324 e. The molecule has 2 aromatic heterocycles. The fourth-order valence-corrected chi connectivity index (χ4v) is 3.47. The molecule has 4 rings (SSSR count). The standard InChI is InChI=1S/C19H23N5O2/c1-25-13-12-23-11-9-20-18(23)16-8-5-10-24(14-16)19-21-17(22-26-19)15-6-3-2-4-7-15/h2-4,6-7,9,11,16H,5,8,10,12-14H2,1H3. The zero-order valence-electron chi connectivity index (χ0n) is 14.9. The predicted octanol–water partition coefficient (Wildman–Crippen LogP) is 2.96. The first-order valence-electron chi connectivity index (χ1n) is 8.99. The third-order valence-corrected chi connectivity index (χ3v) is 4.79. The molecule has 0 aliphatic carbocycles. The lowest BCUT2D eigenvalue weighted by atomic mass is 9.97. The van der Waals surface area contributed by atoms with Crippen LogP contribution in [0.3, 0.4) is 0 Å². The summed E-state index contributed by atoms with van der Waals surface area (Å²) in [4.78, 5) is 11.4. The number of methoxy groups -OCH3 is 1. The second kappa shape index (κ2) is 7.70. The molecule has 0 spiro atoms. The van der Waals surface area contributed by atoms with Crippen molar-refractivity contribution in [3.8, 4) is 11.4 Å². The van der Waals surface area contributed by atoms with E-state index in [-0.39, 0.29) is 0 Å². The van der Waals surface area contributed by atoms with Crippen molar-refractivity contribution < 1.29 is 9.26 Å². The van der Waals surface area contributed by atoms with Crippen molar-refractivity contribution in [2.45, 2.75) is 25.3 Å². The molecule has 26 heavy (non-hydrogen) atoms. The lowest BCUT2D eigenvalue weighted by Gasteiger charge is -2.31. The zero-order valence-corrected chi connectivity index (χ0v) is 14.9. The first-order valence-corrected chi connectivity index (χ1v) is 8.99. The molecule has 7 heteroatoms. The van der Waals surface area contributed by atoms with E-state index >= 15 is 0 Å². The Kier molecular flexibility index (Phi) is 4.97. The van der Waals surface area contributed by atoms with Gasteiger partial charge in [0.15, 0.2) is 0 Å². The quantitative estimate of drug-likeness (QED) is 0.679. The Morgan fingerprint density at radius 1 is 1.27 bits per heavy atom. The summed E-state index contributed by atoms with van der Waals surface area (Å²) < 4.78 is 12.9. The summed E-state index contributed by atoms with van der Waals surface area (Å²) in [7, 11) is 1.72. The van der Waals surface area contributed by atoms with Crippen LogP contribution in [0.5, 0.6) is 0 Å². The highest BCUT2D eigenvalue weighted by Gasteiger charge is 2.27. The Hall–Kier alpha value is -2.67. The van der Waals surface area contributed by atoms with Gasteiger partial charge in [-0.05, 0) is 12.8 Å². The maximum absolute atomic E-state index is 5.54. The Bertz CT molecular complexity index is 829. The highest BCUT2D eigenvalue weighted by molar-refractivity contribution is 5.55. The first-order chi connectivity index (χ1) is 12.8. The second-order valence-electron chi connectivity index (χ2n) is 6.52. The van der Waals surface area contributed by atoms with Crippen LogP contribution < -0.4 is 4.90 Å². The third kappa shape index (κ3) is 3.48. The highest BCUT2D eigenvalue weighted by Crippen LogP contribution is 2.29. The van der Waals surface area contributed by atoms with Crippen LogP contribution in [0.25, 0.3) is 11.4 Å². The van der Waals surface area contributed by atoms with Gasteiger partial charge in [0.05, 0.1) is 6.61 Å². The van der Waals surface area contributed by atoms with Crippen molar-refractivity contribution in [2.75, 3.05) is 31.7 Å². The average Bonchev–Trinajstić information content (AvgIpc) is 3.37. The van der Waals surface area contributed by atoms with Gasteiger partial charge in [-0.25, -0.2) is 4.98 Å². The summed E-state index contributed by atoms with van der Waals surface area (Å²) in [6.07, 6.45) is 6.07. The van der Waals surface area contributed by atoms with E-state index in [1.54, 1.807) is 7.11 Å². The molecule has 0 bridgehead atoms. The number of benzene rings is 1. The number of anilines is 1. The van der Waals surface area contributed by atoms with Crippen molar-refractivity contribution in [2.24, 2.45) is 0 Å². The van der Waals surface area contributed by atoms with Crippen LogP contribution in [0, 0.1) is 0 Å². The van der Waals surface area contributed by atoms with Crippen molar-refractivity contribution in [3.63, 3.8) is 0 Å². The largest absolute Gasteiger partial charge is 0.383 e. The van der Waals surface area contributed by atoms with Gasteiger partial charge in [-0.15, -0.1) is 0 Å². The molecule has 3 aromatic rings. The van der Waals surface area contributed by atoms with Crippen molar-refractivity contribution in [1.82, 2.24) is 19.7 Å².